The minimum Gasteiger partial charge on any atom is -0.399 e. The zero-order valence-corrected chi connectivity index (χ0v) is 15.5. The van der Waals surface area contributed by atoms with Crippen LogP contribution in [0.5, 0.6) is 0 Å². The maximum absolute atomic E-state index is 12.4. The van der Waals surface area contributed by atoms with Crippen molar-refractivity contribution in [2.24, 2.45) is 0 Å². The molecule has 0 saturated heterocycles. The molecular weight excluding hydrogens is 364 g/mol. The Morgan fingerprint density at radius 1 is 1.22 bits per heavy atom. The lowest BCUT2D eigenvalue weighted by Crippen LogP contribution is -2.34. The van der Waals surface area contributed by atoms with E-state index in [1.165, 1.54) is 10.4 Å². The van der Waals surface area contributed by atoms with Gasteiger partial charge in [0.15, 0.2) is 0 Å². The van der Waals surface area contributed by atoms with Gasteiger partial charge in [-0.05, 0) is 47.7 Å². The topological polar surface area (TPSA) is 98.7 Å². The molecule has 2 aromatic carbocycles. The summed E-state index contributed by atoms with van der Waals surface area (Å²) in [5, 5.41) is 15.4. The fraction of sp³-hybridized carbons (Fsp3) is 0.263. The Hall–Kier alpha value is -2.93. The number of halogens is 1. The van der Waals surface area contributed by atoms with Crippen molar-refractivity contribution >= 4 is 24.0 Å². The lowest BCUT2D eigenvalue weighted by atomic mass is 9.87. The molecule has 0 saturated carbocycles. The number of aromatic nitrogens is 4. The lowest BCUT2D eigenvalue weighted by Gasteiger charge is -2.26. The minimum atomic E-state index is -0.128. The summed E-state index contributed by atoms with van der Waals surface area (Å²) in [5.41, 5.74) is 9.86. The fourth-order valence-corrected chi connectivity index (χ4v) is 3.37. The number of nitrogens with one attached hydrogen (secondary N) is 1. The maximum Gasteiger partial charge on any atom is 0.244 e. The van der Waals surface area contributed by atoms with Crippen LogP contribution in [0.2, 0.25) is 0 Å². The maximum atomic E-state index is 12.4. The van der Waals surface area contributed by atoms with E-state index in [9.17, 15) is 4.79 Å². The summed E-state index contributed by atoms with van der Waals surface area (Å²) in [5.74, 6) is 0.383. The second-order valence-corrected chi connectivity index (χ2v) is 6.48. The summed E-state index contributed by atoms with van der Waals surface area (Å²) in [7, 11) is 0. The van der Waals surface area contributed by atoms with Crippen LogP contribution in [0, 0.1) is 0 Å². The van der Waals surface area contributed by atoms with Gasteiger partial charge < -0.3 is 11.1 Å². The number of benzene rings is 2. The number of fused-ring (bicyclic) bond motifs is 1. The molecule has 0 spiro atoms. The summed E-state index contributed by atoms with van der Waals surface area (Å²) in [6.45, 7) is 0.0423. The number of amides is 1. The van der Waals surface area contributed by atoms with E-state index in [0.717, 1.165) is 36.1 Å². The quantitative estimate of drug-likeness (QED) is 0.673. The van der Waals surface area contributed by atoms with Crippen LogP contribution >= 0.6 is 12.4 Å². The number of anilines is 1. The van der Waals surface area contributed by atoms with Gasteiger partial charge in [-0.25, -0.2) is 0 Å². The molecule has 3 N–H and O–H groups in total. The minimum absolute atomic E-state index is 0. The van der Waals surface area contributed by atoms with Crippen molar-refractivity contribution in [3.8, 4) is 11.4 Å². The Morgan fingerprint density at radius 3 is 2.85 bits per heavy atom. The van der Waals surface area contributed by atoms with Crippen LogP contribution in [-0.2, 0) is 17.8 Å². The average Bonchev–Trinajstić information content (AvgIpc) is 3.11. The number of carbonyl (C=O) groups is 1. The molecule has 0 fully saturated rings. The highest BCUT2D eigenvalue weighted by Crippen LogP contribution is 2.30. The van der Waals surface area contributed by atoms with Crippen LogP contribution < -0.4 is 11.1 Å². The lowest BCUT2D eigenvalue weighted by molar-refractivity contribution is -0.122. The van der Waals surface area contributed by atoms with Crippen molar-refractivity contribution in [3.63, 3.8) is 0 Å². The van der Waals surface area contributed by atoms with Gasteiger partial charge in [-0.2, -0.15) is 4.80 Å². The van der Waals surface area contributed by atoms with Crippen LogP contribution in [0.4, 0.5) is 5.69 Å². The first kappa shape index (κ1) is 18.8. The molecule has 0 radical (unpaired) electrons. The second-order valence-electron chi connectivity index (χ2n) is 6.48. The van der Waals surface area contributed by atoms with Gasteiger partial charge in [0.25, 0.3) is 0 Å². The van der Waals surface area contributed by atoms with Gasteiger partial charge in [-0.15, -0.1) is 22.6 Å². The number of nitrogen functional groups attached to an aromatic ring is 1. The van der Waals surface area contributed by atoms with Crippen LogP contribution in [0.1, 0.15) is 30.0 Å². The predicted octanol–water partition coefficient (Wildman–Crippen LogP) is 2.54. The Kier molecular flexibility index (Phi) is 5.71. The highest BCUT2D eigenvalue weighted by atomic mass is 35.5. The zero-order valence-electron chi connectivity index (χ0n) is 14.7. The molecule has 1 unspecified atom stereocenters. The van der Waals surface area contributed by atoms with Gasteiger partial charge in [0, 0.05) is 11.3 Å². The molecule has 0 aliphatic heterocycles. The first-order valence-corrected chi connectivity index (χ1v) is 8.70. The highest BCUT2D eigenvalue weighted by Gasteiger charge is 2.22. The zero-order chi connectivity index (χ0) is 17.9. The Morgan fingerprint density at radius 2 is 2.04 bits per heavy atom. The van der Waals surface area contributed by atoms with Crippen molar-refractivity contribution in [3.05, 3.63) is 59.7 Å². The summed E-state index contributed by atoms with van der Waals surface area (Å²) >= 11 is 0. The van der Waals surface area contributed by atoms with Crippen molar-refractivity contribution < 1.29 is 4.79 Å². The van der Waals surface area contributed by atoms with Crippen LogP contribution in [-0.4, -0.2) is 26.1 Å². The number of carbonyl (C=O) groups excluding carboxylic acids is 1. The van der Waals surface area contributed by atoms with E-state index in [1.54, 1.807) is 0 Å². The van der Waals surface area contributed by atoms with Crippen LogP contribution in [0.25, 0.3) is 11.4 Å². The molecule has 1 aliphatic carbocycles. The summed E-state index contributed by atoms with van der Waals surface area (Å²) in [6.07, 6.45) is 2.95. The number of tetrazole rings is 1. The largest absolute Gasteiger partial charge is 0.399 e. The Bertz CT molecular complexity index is 927. The molecule has 27 heavy (non-hydrogen) atoms. The first-order valence-electron chi connectivity index (χ1n) is 8.70. The predicted molar refractivity (Wildman–Crippen MR) is 105 cm³/mol. The average molecular weight is 385 g/mol. The molecule has 3 aromatic rings. The van der Waals surface area contributed by atoms with E-state index in [1.807, 2.05) is 48.5 Å². The van der Waals surface area contributed by atoms with E-state index < -0.39 is 0 Å². The van der Waals surface area contributed by atoms with E-state index in [0.29, 0.717) is 5.82 Å². The fourth-order valence-electron chi connectivity index (χ4n) is 3.37. The molecule has 7 nitrogen and oxygen atoms in total. The Balaban J connectivity index is 0.00000210. The number of nitrogens with two attached hydrogens (primary N) is 1. The molecule has 0 bridgehead atoms. The number of hydrogen-bond donors (Lipinski definition) is 2. The normalized spacial score (nSPS) is 15.5. The van der Waals surface area contributed by atoms with E-state index in [2.05, 4.69) is 20.7 Å². The van der Waals surface area contributed by atoms with Crippen molar-refractivity contribution in [1.29, 1.82) is 0 Å². The molecule has 4 rings (SSSR count). The summed E-state index contributed by atoms with van der Waals surface area (Å²) in [4.78, 5) is 13.8. The molecule has 1 atom stereocenters. The first-order chi connectivity index (χ1) is 12.7. The molecule has 1 aliphatic rings. The van der Waals surface area contributed by atoms with Gasteiger partial charge in [-0.3, -0.25) is 4.79 Å². The summed E-state index contributed by atoms with van der Waals surface area (Å²) in [6, 6.07) is 15.5. The van der Waals surface area contributed by atoms with Crippen molar-refractivity contribution in [2.45, 2.75) is 31.8 Å². The van der Waals surface area contributed by atoms with Gasteiger partial charge >= 0.3 is 0 Å². The van der Waals surface area contributed by atoms with Crippen molar-refractivity contribution in [1.82, 2.24) is 25.5 Å². The third-order valence-corrected chi connectivity index (χ3v) is 4.59. The van der Waals surface area contributed by atoms with E-state index in [-0.39, 0.29) is 30.9 Å². The van der Waals surface area contributed by atoms with Crippen LogP contribution in [0.15, 0.2) is 48.5 Å². The standard InChI is InChI=1S/C19H20N6O.ClH/c20-15-9-10-16-14(11-15)7-4-8-17(16)21-18(26)12-25-23-19(22-24-25)13-5-2-1-3-6-13;/h1-3,5-6,9-11,17H,4,7-8,12,20H2,(H,21,26);1H. The third kappa shape index (κ3) is 4.25. The van der Waals surface area contributed by atoms with Gasteiger partial charge in [0.2, 0.25) is 11.7 Å². The van der Waals surface area contributed by atoms with Crippen LogP contribution in [0.3, 0.4) is 0 Å². The van der Waals surface area contributed by atoms with Crippen molar-refractivity contribution in [2.75, 3.05) is 5.73 Å². The monoisotopic (exact) mass is 384 g/mol. The van der Waals surface area contributed by atoms with Gasteiger partial charge in [0.05, 0.1) is 6.04 Å². The number of hydrogen-bond acceptors (Lipinski definition) is 5. The Labute approximate surface area is 163 Å². The smallest absolute Gasteiger partial charge is 0.244 e. The molecule has 8 heteroatoms. The van der Waals surface area contributed by atoms with E-state index in [4.69, 9.17) is 5.73 Å². The third-order valence-electron chi connectivity index (χ3n) is 4.59. The molecule has 140 valence electrons. The van der Waals surface area contributed by atoms with Gasteiger partial charge in [0.1, 0.15) is 6.54 Å². The number of rotatable bonds is 4. The summed E-state index contributed by atoms with van der Waals surface area (Å²) < 4.78 is 0. The molecule has 1 amide bonds. The van der Waals surface area contributed by atoms with E-state index >= 15 is 0 Å². The molecule has 1 aromatic heterocycles. The van der Waals surface area contributed by atoms with Gasteiger partial charge in [-0.1, -0.05) is 36.4 Å². The molecule has 1 heterocycles. The molecular formula is C19H21ClN6O. The second kappa shape index (κ2) is 8.18. The number of nitrogens with zero attached hydrogens (tertiary/aromatic N) is 4. The SMILES string of the molecule is Cl.Nc1ccc2c(c1)CCCC2NC(=O)Cn1nnc(-c2ccccc2)n1. The highest BCUT2D eigenvalue weighted by molar-refractivity contribution is 5.85. The number of aryl methyl sites for hydroxylation is 1.